The molecule has 0 aliphatic carbocycles. The standard InChI is InChI=1S/C16H26N2/c1-11-8-12(2)16(13(3)9-11)18-14(4)6-7-17-10-15(18)5/h8-9,14-15,17H,6-7,10H2,1-5H3. The summed E-state index contributed by atoms with van der Waals surface area (Å²) in [6.07, 6.45) is 1.22. The van der Waals surface area contributed by atoms with Gasteiger partial charge in [-0.05, 0) is 58.7 Å². The molecule has 0 amide bonds. The number of hydrogen-bond donors (Lipinski definition) is 1. The molecule has 2 heteroatoms. The SMILES string of the molecule is Cc1cc(C)c(N2C(C)CCNCC2C)c(C)c1. The van der Waals surface area contributed by atoms with E-state index in [0.29, 0.717) is 12.1 Å². The molecule has 1 aliphatic heterocycles. The summed E-state index contributed by atoms with van der Waals surface area (Å²) in [6, 6.07) is 5.78. The summed E-state index contributed by atoms with van der Waals surface area (Å²) in [5, 5.41) is 3.54. The fourth-order valence-corrected chi connectivity index (χ4v) is 3.31. The summed E-state index contributed by atoms with van der Waals surface area (Å²) in [6.45, 7) is 13.6. The maximum atomic E-state index is 3.54. The van der Waals surface area contributed by atoms with Crippen LogP contribution in [-0.2, 0) is 0 Å². The lowest BCUT2D eigenvalue weighted by Crippen LogP contribution is -2.42. The average molecular weight is 246 g/mol. The van der Waals surface area contributed by atoms with Crippen LogP contribution < -0.4 is 10.2 Å². The number of rotatable bonds is 1. The molecule has 2 atom stereocenters. The fourth-order valence-electron chi connectivity index (χ4n) is 3.31. The molecule has 2 rings (SSSR count). The Hall–Kier alpha value is -1.02. The fraction of sp³-hybridized carbons (Fsp3) is 0.625. The van der Waals surface area contributed by atoms with Gasteiger partial charge in [0.05, 0.1) is 0 Å². The van der Waals surface area contributed by atoms with E-state index in [2.05, 4.69) is 57.0 Å². The predicted octanol–water partition coefficient (Wildman–Crippen LogP) is 3.19. The molecular formula is C16H26N2. The van der Waals surface area contributed by atoms with Gasteiger partial charge in [0, 0.05) is 24.3 Å². The third-order valence-electron chi connectivity index (χ3n) is 4.02. The van der Waals surface area contributed by atoms with E-state index in [0.717, 1.165) is 13.1 Å². The zero-order valence-electron chi connectivity index (χ0n) is 12.4. The van der Waals surface area contributed by atoms with Crippen LogP contribution in [0.25, 0.3) is 0 Å². The van der Waals surface area contributed by atoms with Crippen LogP contribution in [0.2, 0.25) is 0 Å². The highest BCUT2D eigenvalue weighted by Crippen LogP contribution is 2.30. The third kappa shape index (κ3) is 2.54. The first-order valence-corrected chi connectivity index (χ1v) is 7.07. The largest absolute Gasteiger partial charge is 0.364 e. The highest BCUT2D eigenvalue weighted by atomic mass is 15.2. The minimum atomic E-state index is 0.558. The molecule has 1 saturated heterocycles. The van der Waals surface area contributed by atoms with Crippen molar-refractivity contribution in [1.82, 2.24) is 5.32 Å². The Balaban J connectivity index is 2.45. The average Bonchev–Trinajstić information content (AvgIpc) is 2.42. The van der Waals surface area contributed by atoms with E-state index in [9.17, 15) is 0 Å². The molecule has 0 bridgehead atoms. The smallest absolute Gasteiger partial charge is 0.0431 e. The van der Waals surface area contributed by atoms with E-state index in [-0.39, 0.29) is 0 Å². The monoisotopic (exact) mass is 246 g/mol. The van der Waals surface area contributed by atoms with Gasteiger partial charge in [-0.15, -0.1) is 0 Å². The lowest BCUT2D eigenvalue weighted by Gasteiger charge is -2.37. The Morgan fingerprint density at radius 2 is 1.67 bits per heavy atom. The molecule has 1 N–H and O–H groups in total. The zero-order valence-corrected chi connectivity index (χ0v) is 12.4. The van der Waals surface area contributed by atoms with Crippen molar-refractivity contribution in [3.05, 3.63) is 28.8 Å². The molecule has 1 heterocycles. The van der Waals surface area contributed by atoms with Gasteiger partial charge in [-0.2, -0.15) is 0 Å². The second-order valence-electron chi connectivity index (χ2n) is 5.85. The molecule has 1 aromatic carbocycles. The summed E-state index contributed by atoms with van der Waals surface area (Å²) >= 11 is 0. The van der Waals surface area contributed by atoms with Gasteiger partial charge in [0.2, 0.25) is 0 Å². The van der Waals surface area contributed by atoms with Crippen LogP contribution in [0.3, 0.4) is 0 Å². The predicted molar refractivity (Wildman–Crippen MR) is 79.5 cm³/mol. The van der Waals surface area contributed by atoms with Crippen molar-refractivity contribution >= 4 is 5.69 Å². The van der Waals surface area contributed by atoms with Crippen LogP contribution in [0.15, 0.2) is 12.1 Å². The van der Waals surface area contributed by atoms with Crippen LogP contribution in [0.1, 0.15) is 37.0 Å². The quantitative estimate of drug-likeness (QED) is 0.818. The molecule has 100 valence electrons. The lowest BCUT2D eigenvalue weighted by molar-refractivity contribution is 0.573. The van der Waals surface area contributed by atoms with Crippen molar-refractivity contribution in [2.45, 2.75) is 53.1 Å². The third-order valence-corrected chi connectivity index (χ3v) is 4.02. The van der Waals surface area contributed by atoms with Crippen molar-refractivity contribution in [1.29, 1.82) is 0 Å². The van der Waals surface area contributed by atoms with E-state index < -0.39 is 0 Å². The zero-order chi connectivity index (χ0) is 13.3. The highest BCUT2D eigenvalue weighted by Gasteiger charge is 2.25. The van der Waals surface area contributed by atoms with Gasteiger partial charge in [-0.25, -0.2) is 0 Å². The van der Waals surface area contributed by atoms with Gasteiger partial charge in [0.15, 0.2) is 0 Å². The topological polar surface area (TPSA) is 15.3 Å². The summed E-state index contributed by atoms with van der Waals surface area (Å²) in [5.74, 6) is 0. The summed E-state index contributed by atoms with van der Waals surface area (Å²) in [7, 11) is 0. The first-order chi connectivity index (χ1) is 8.50. The minimum Gasteiger partial charge on any atom is -0.364 e. The summed E-state index contributed by atoms with van der Waals surface area (Å²) in [4.78, 5) is 2.62. The van der Waals surface area contributed by atoms with Gasteiger partial charge < -0.3 is 10.2 Å². The van der Waals surface area contributed by atoms with E-state index in [1.54, 1.807) is 0 Å². The normalized spacial score (nSPS) is 25.1. The number of anilines is 1. The van der Waals surface area contributed by atoms with E-state index in [1.165, 1.54) is 28.8 Å². The van der Waals surface area contributed by atoms with Gasteiger partial charge >= 0.3 is 0 Å². The van der Waals surface area contributed by atoms with Crippen molar-refractivity contribution < 1.29 is 0 Å². The van der Waals surface area contributed by atoms with Gasteiger partial charge in [0.25, 0.3) is 0 Å². The van der Waals surface area contributed by atoms with Crippen molar-refractivity contribution in [2.75, 3.05) is 18.0 Å². The number of benzene rings is 1. The molecule has 2 unspecified atom stereocenters. The van der Waals surface area contributed by atoms with Gasteiger partial charge in [-0.1, -0.05) is 17.7 Å². The Labute approximate surface area is 111 Å². The van der Waals surface area contributed by atoms with E-state index >= 15 is 0 Å². The van der Waals surface area contributed by atoms with Gasteiger partial charge in [-0.3, -0.25) is 0 Å². The molecule has 0 saturated carbocycles. The highest BCUT2D eigenvalue weighted by molar-refractivity contribution is 5.61. The van der Waals surface area contributed by atoms with Crippen molar-refractivity contribution in [3.8, 4) is 0 Å². The molecule has 2 nitrogen and oxygen atoms in total. The Bertz CT molecular complexity index is 390. The first-order valence-electron chi connectivity index (χ1n) is 7.07. The number of nitrogens with zero attached hydrogens (tertiary/aromatic N) is 1. The molecule has 1 aromatic rings. The second-order valence-corrected chi connectivity index (χ2v) is 5.85. The maximum Gasteiger partial charge on any atom is 0.0431 e. The minimum absolute atomic E-state index is 0.558. The Kier molecular flexibility index (Phi) is 3.96. The number of aryl methyl sites for hydroxylation is 3. The van der Waals surface area contributed by atoms with Crippen LogP contribution >= 0.6 is 0 Å². The maximum absolute atomic E-state index is 3.54. The number of hydrogen-bond acceptors (Lipinski definition) is 2. The molecule has 0 spiro atoms. The number of nitrogens with one attached hydrogen (secondary N) is 1. The molecule has 1 fully saturated rings. The van der Waals surface area contributed by atoms with Crippen LogP contribution in [0.4, 0.5) is 5.69 Å². The van der Waals surface area contributed by atoms with Crippen LogP contribution in [0.5, 0.6) is 0 Å². The molecule has 0 aromatic heterocycles. The molecule has 18 heavy (non-hydrogen) atoms. The molecule has 1 aliphatic rings. The first kappa shape index (κ1) is 13.4. The van der Waals surface area contributed by atoms with Crippen molar-refractivity contribution in [3.63, 3.8) is 0 Å². The Morgan fingerprint density at radius 3 is 2.28 bits per heavy atom. The lowest BCUT2D eigenvalue weighted by atomic mass is 10.0. The van der Waals surface area contributed by atoms with E-state index in [1.807, 2.05) is 0 Å². The molecule has 0 radical (unpaired) electrons. The van der Waals surface area contributed by atoms with Crippen molar-refractivity contribution in [2.24, 2.45) is 0 Å². The van der Waals surface area contributed by atoms with Crippen LogP contribution in [-0.4, -0.2) is 25.2 Å². The molecular weight excluding hydrogens is 220 g/mol. The summed E-state index contributed by atoms with van der Waals surface area (Å²) in [5.41, 5.74) is 5.63. The Morgan fingerprint density at radius 1 is 1.06 bits per heavy atom. The van der Waals surface area contributed by atoms with Crippen LogP contribution in [0, 0.1) is 20.8 Å². The van der Waals surface area contributed by atoms with E-state index in [4.69, 9.17) is 0 Å². The van der Waals surface area contributed by atoms with Gasteiger partial charge in [0.1, 0.15) is 0 Å². The second kappa shape index (κ2) is 5.31. The summed E-state index contributed by atoms with van der Waals surface area (Å²) < 4.78 is 0.